The van der Waals surface area contributed by atoms with Gasteiger partial charge in [0, 0.05) is 25.6 Å². The molecular formula is C35H66N6O6. The quantitative estimate of drug-likeness (QED) is 0.0545. The number of ketones is 1. The van der Waals surface area contributed by atoms with E-state index in [4.69, 9.17) is 5.73 Å². The molecule has 272 valence electrons. The van der Waals surface area contributed by atoms with Crippen LogP contribution in [0.5, 0.6) is 0 Å². The SMILES string of the molecule is CCCC(C)CCCCC(NC(O)[C@H](C[C@H](CC)CCC)NC(=O)[C@@H](NC(=O)N[C@@H](C)CN1CCCC1=O)C(C)(C)C)C(=O)C(N)=O. The molecule has 1 aliphatic rings. The number of urea groups is 1. The summed E-state index contributed by atoms with van der Waals surface area (Å²) >= 11 is 0. The number of carbonyl (C=O) groups is 5. The summed E-state index contributed by atoms with van der Waals surface area (Å²) in [5, 5.41) is 23.0. The number of unbranched alkanes of at least 4 members (excludes halogenated alkanes) is 1. The minimum absolute atomic E-state index is 0.0685. The highest BCUT2D eigenvalue weighted by molar-refractivity contribution is 6.37. The Hall–Kier alpha value is -2.73. The van der Waals surface area contributed by atoms with E-state index in [0.717, 1.165) is 51.4 Å². The number of amides is 5. The zero-order valence-electron chi connectivity index (χ0n) is 30.5. The van der Waals surface area contributed by atoms with Crippen molar-refractivity contribution in [2.24, 2.45) is 23.0 Å². The third kappa shape index (κ3) is 15.8. The Morgan fingerprint density at radius 3 is 2.11 bits per heavy atom. The van der Waals surface area contributed by atoms with Crippen LogP contribution in [0.25, 0.3) is 0 Å². The van der Waals surface area contributed by atoms with Crippen molar-refractivity contribution < 1.29 is 29.1 Å². The van der Waals surface area contributed by atoms with Gasteiger partial charge >= 0.3 is 6.03 Å². The summed E-state index contributed by atoms with van der Waals surface area (Å²) in [4.78, 5) is 65.3. The maximum absolute atomic E-state index is 13.8. The van der Waals surface area contributed by atoms with Crippen molar-refractivity contribution in [3.8, 4) is 0 Å². The molecule has 5 amide bonds. The number of rotatable bonds is 23. The van der Waals surface area contributed by atoms with E-state index in [1.54, 1.807) is 4.90 Å². The molecule has 0 radical (unpaired) electrons. The molecule has 0 aromatic rings. The Kier molecular flexibility index (Phi) is 19.2. The maximum Gasteiger partial charge on any atom is 0.315 e. The summed E-state index contributed by atoms with van der Waals surface area (Å²) in [6.45, 7) is 16.8. The van der Waals surface area contributed by atoms with Crippen LogP contribution in [0, 0.1) is 17.3 Å². The van der Waals surface area contributed by atoms with Crippen LogP contribution in [0.3, 0.4) is 0 Å². The van der Waals surface area contributed by atoms with Crippen molar-refractivity contribution >= 4 is 29.5 Å². The molecule has 3 unspecified atom stereocenters. The number of nitrogens with two attached hydrogens (primary N) is 1. The van der Waals surface area contributed by atoms with E-state index in [1.165, 1.54) is 0 Å². The fourth-order valence-corrected chi connectivity index (χ4v) is 6.40. The van der Waals surface area contributed by atoms with E-state index in [1.807, 2.05) is 27.7 Å². The Balaban J connectivity index is 3.09. The van der Waals surface area contributed by atoms with Gasteiger partial charge in [0.05, 0.1) is 12.1 Å². The highest BCUT2D eigenvalue weighted by Gasteiger charge is 2.37. The van der Waals surface area contributed by atoms with Crippen LogP contribution in [-0.2, 0) is 19.2 Å². The molecule has 47 heavy (non-hydrogen) atoms. The van der Waals surface area contributed by atoms with Gasteiger partial charge in [-0.1, -0.05) is 99.8 Å². The van der Waals surface area contributed by atoms with E-state index in [9.17, 15) is 29.1 Å². The van der Waals surface area contributed by atoms with Crippen molar-refractivity contribution in [1.29, 1.82) is 0 Å². The van der Waals surface area contributed by atoms with Crippen LogP contribution >= 0.6 is 0 Å². The molecule has 0 aliphatic carbocycles. The molecule has 7 atom stereocenters. The Morgan fingerprint density at radius 2 is 1.57 bits per heavy atom. The number of hydrogen-bond donors (Lipinski definition) is 6. The van der Waals surface area contributed by atoms with Gasteiger partial charge in [0.2, 0.25) is 17.6 Å². The van der Waals surface area contributed by atoms with Crippen molar-refractivity contribution in [2.45, 2.75) is 163 Å². The first-order valence-corrected chi connectivity index (χ1v) is 18.0. The number of aliphatic hydroxyl groups excluding tert-OH is 1. The number of nitrogens with one attached hydrogen (secondary N) is 4. The fraction of sp³-hybridized carbons (Fsp3) is 0.857. The lowest BCUT2D eigenvalue weighted by atomic mass is 9.85. The minimum Gasteiger partial charge on any atom is -0.376 e. The maximum atomic E-state index is 13.8. The zero-order valence-corrected chi connectivity index (χ0v) is 30.5. The van der Waals surface area contributed by atoms with Gasteiger partial charge < -0.3 is 31.7 Å². The number of carbonyl (C=O) groups excluding carboxylic acids is 5. The van der Waals surface area contributed by atoms with Gasteiger partial charge in [0.1, 0.15) is 12.3 Å². The molecule has 1 aliphatic heterocycles. The predicted octanol–water partition coefficient (Wildman–Crippen LogP) is 3.74. The van der Waals surface area contributed by atoms with Gasteiger partial charge in [-0.2, -0.15) is 0 Å². The normalized spacial score (nSPS) is 18.1. The van der Waals surface area contributed by atoms with Crippen molar-refractivity contribution in [3.05, 3.63) is 0 Å². The molecule has 0 aromatic heterocycles. The van der Waals surface area contributed by atoms with Crippen LogP contribution in [0.4, 0.5) is 4.79 Å². The smallest absolute Gasteiger partial charge is 0.315 e. The summed E-state index contributed by atoms with van der Waals surface area (Å²) in [5.41, 5.74) is 4.69. The second-order valence-electron chi connectivity index (χ2n) is 14.7. The lowest BCUT2D eigenvalue weighted by Crippen LogP contribution is -2.62. The van der Waals surface area contributed by atoms with E-state index >= 15 is 0 Å². The average Bonchev–Trinajstić information content (AvgIpc) is 3.38. The average molecular weight is 667 g/mol. The summed E-state index contributed by atoms with van der Waals surface area (Å²) in [7, 11) is 0. The van der Waals surface area contributed by atoms with Crippen LogP contribution in [-0.4, -0.2) is 83.0 Å². The highest BCUT2D eigenvalue weighted by Crippen LogP contribution is 2.23. The monoisotopic (exact) mass is 667 g/mol. The number of primary amides is 1. The lowest BCUT2D eigenvalue weighted by molar-refractivity contribution is -0.138. The molecule has 1 fully saturated rings. The number of Topliss-reactive ketones (excluding diaryl/α,β-unsaturated/α-hetero) is 1. The lowest BCUT2D eigenvalue weighted by Gasteiger charge is -2.35. The first kappa shape index (κ1) is 42.3. The second-order valence-corrected chi connectivity index (χ2v) is 14.7. The molecule has 1 rings (SSSR count). The molecule has 12 nitrogen and oxygen atoms in total. The number of aliphatic hydroxyl groups is 1. The van der Waals surface area contributed by atoms with Gasteiger partial charge in [-0.25, -0.2) is 4.79 Å². The molecule has 0 saturated carbocycles. The van der Waals surface area contributed by atoms with Crippen molar-refractivity contribution in [3.63, 3.8) is 0 Å². The first-order chi connectivity index (χ1) is 22.0. The summed E-state index contributed by atoms with van der Waals surface area (Å²) in [5.74, 6) is -1.53. The molecule has 12 heteroatoms. The van der Waals surface area contributed by atoms with Gasteiger partial charge in [0.15, 0.2) is 0 Å². The fourth-order valence-electron chi connectivity index (χ4n) is 6.40. The topological polar surface area (TPSA) is 183 Å². The highest BCUT2D eigenvalue weighted by atomic mass is 16.3. The van der Waals surface area contributed by atoms with Crippen LogP contribution in [0.2, 0.25) is 0 Å². The van der Waals surface area contributed by atoms with E-state index < -0.39 is 53.4 Å². The number of nitrogens with zero attached hydrogens (tertiary/aromatic N) is 1. The molecule has 1 saturated heterocycles. The molecule has 1 heterocycles. The van der Waals surface area contributed by atoms with Gasteiger partial charge in [0.25, 0.3) is 5.91 Å². The predicted molar refractivity (Wildman–Crippen MR) is 185 cm³/mol. The van der Waals surface area contributed by atoms with Gasteiger partial charge in [-0.05, 0) is 43.4 Å². The van der Waals surface area contributed by atoms with E-state index in [0.29, 0.717) is 44.7 Å². The Morgan fingerprint density at radius 1 is 0.936 bits per heavy atom. The number of likely N-dealkylation sites (tertiary alicyclic amines) is 1. The molecule has 0 aromatic carbocycles. The number of hydrogen-bond acceptors (Lipinski definition) is 7. The third-order valence-corrected chi connectivity index (χ3v) is 9.17. The third-order valence-electron chi connectivity index (χ3n) is 9.17. The molecular weight excluding hydrogens is 600 g/mol. The van der Waals surface area contributed by atoms with E-state index in [-0.39, 0.29) is 17.9 Å². The second kappa shape index (κ2) is 21.3. The Bertz CT molecular complexity index is 1000. The first-order valence-electron chi connectivity index (χ1n) is 18.0. The van der Waals surface area contributed by atoms with Gasteiger partial charge in [-0.3, -0.25) is 24.5 Å². The summed E-state index contributed by atoms with van der Waals surface area (Å²) in [6, 6.07) is -3.61. The minimum atomic E-state index is -1.34. The molecule has 7 N–H and O–H groups in total. The standard InChI is InChI=1S/C35H66N6O6/c1-9-15-23(4)17-12-13-18-26(29(43)31(36)44)38-32(45)27(21-25(11-3)16-10-2)39-33(46)30(35(6,7)8)40-34(47)37-24(5)22-41-20-14-19-28(41)42/h23-27,30,32,38,45H,9-22H2,1-8H3,(H2,36,44)(H,39,46)(H2,37,40,47)/t23?,24-,25+,26?,27-,30+,32?/m0/s1. The van der Waals surface area contributed by atoms with Crippen LogP contribution in [0.1, 0.15) is 132 Å². The zero-order chi connectivity index (χ0) is 35.7. The summed E-state index contributed by atoms with van der Waals surface area (Å²) in [6.07, 6.45) is 8.17. The molecule has 0 spiro atoms. The van der Waals surface area contributed by atoms with Crippen LogP contribution in [0.15, 0.2) is 0 Å². The van der Waals surface area contributed by atoms with Crippen molar-refractivity contribution in [2.75, 3.05) is 13.1 Å². The summed E-state index contributed by atoms with van der Waals surface area (Å²) < 4.78 is 0. The molecule has 0 bridgehead atoms. The van der Waals surface area contributed by atoms with Crippen LogP contribution < -0.4 is 27.0 Å². The van der Waals surface area contributed by atoms with Crippen molar-refractivity contribution in [1.82, 2.24) is 26.2 Å². The van der Waals surface area contributed by atoms with Gasteiger partial charge in [-0.15, -0.1) is 0 Å². The largest absolute Gasteiger partial charge is 0.376 e. The Labute approximate surface area is 283 Å². The van der Waals surface area contributed by atoms with E-state index in [2.05, 4.69) is 49.0 Å².